The summed E-state index contributed by atoms with van der Waals surface area (Å²) in [6, 6.07) is 5.71. The molecular formula is C11H15BrN2O2. The van der Waals surface area contributed by atoms with Crippen LogP contribution in [0.25, 0.3) is 0 Å². The zero-order valence-electron chi connectivity index (χ0n) is 9.13. The van der Waals surface area contributed by atoms with Crippen LogP contribution in [-0.4, -0.2) is 19.6 Å². The number of nitrogens with two attached hydrogens (primary N) is 1. The quantitative estimate of drug-likeness (QED) is 0.831. The van der Waals surface area contributed by atoms with Gasteiger partial charge in [0.1, 0.15) is 5.75 Å². The molecule has 1 amide bonds. The van der Waals surface area contributed by atoms with E-state index in [1.165, 1.54) is 0 Å². The number of primary amides is 1. The Balaban J connectivity index is 2.60. The van der Waals surface area contributed by atoms with E-state index in [0.717, 1.165) is 22.3 Å². The number of carbonyl (C=O) groups excluding carboxylic acids is 1. The Kier molecular flexibility index (Phi) is 5.28. The molecule has 0 bridgehead atoms. The van der Waals surface area contributed by atoms with E-state index in [-0.39, 0.29) is 12.3 Å². The fourth-order valence-corrected chi connectivity index (χ4v) is 1.62. The highest BCUT2D eigenvalue weighted by Crippen LogP contribution is 2.22. The predicted octanol–water partition coefficient (Wildman–Crippen LogP) is 1.42. The maximum atomic E-state index is 10.5. The molecule has 1 aromatic rings. The number of amides is 1. The molecule has 4 nitrogen and oxygen atoms in total. The molecule has 0 spiro atoms. The molecule has 3 N–H and O–H groups in total. The topological polar surface area (TPSA) is 64.3 Å². The Morgan fingerprint density at radius 2 is 2.31 bits per heavy atom. The van der Waals surface area contributed by atoms with Crippen LogP contribution in [0.15, 0.2) is 22.7 Å². The van der Waals surface area contributed by atoms with E-state index in [9.17, 15) is 4.79 Å². The fourth-order valence-electron chi connectivity index (χ4n) is 1.24. The SMILES string of the molecule is CNCc1cc(OCCC(N)=O)ccc1Br. The monoisotopic (exact) mass is 286 g/mol. The van der Waals surface area contributed by atoms with Crippen molar-refractivity contribution in [3.8, 4) is 5.75 Å². The molecule has 0 fully saturated rings. The lowest BCUT2D eigenvalue weighted by Crippen LogP contribution is -2.14. The second kappa shape index (κ2) is 6.50. The van der Waals surface area contributed by atoms with Crippen molar-refractivity contribution >= 4 is 21.8 Å². The van der Waals surface area contributed by atoms with Gasteiger partial charge < -0.3 is 15.8 Å². The Hall–Kier alpha value is -1.07. The molecule has 1 rings (SSSR count). The van der Waals surface area contributed by atoms with Crippen molar-refractivity contribution in [3.63, 3.8) is 0 Å². The third-order valence-electron chi connectivity index (χ3n) is 2.00. The van der Waals surface area contributed by atoms with Gasteiger partial charge in [-0.2, -0.15) is 0 Å². The number of nitrogens with one attached hydrogen (secondary N) is 1. The van der Waals surface area contributed by atoms with Gasteiger partial charge in [0.2, 0.25) is 5.91 Å². The lowest BCUT2D eigenvalue weighted by Gasteiger charge is -2.08. The Labute approximate surface area is 103 Å². The highest BCUT2D eigenvalue weighted by atomic mass is 79.9. The predicted molar refractivity (Wildman–Crippen MR) is 66.2 cm³/mol. The van der Waals surface area contributed by atoms with Gasteiger partial charge in [0.05, 0.1) is 13.0 Å². The van der Waals surface area contributed by atoms with Crippen LogP contribution in [0, 0.1) is 0 Å². The van der Waals surface area contributed by atoms with Crippen LogP contribution < -0.4 is 15.8 Å². The Morgan fingerprint density at radius 3 is 2.94 bits per heavy atom. The molecule has 0 aromatic heterocycles. The number of carbonyl (C=O) groups is 1. The highest BCUT2D eigenvalue weighted by Gasteiger charge is 2.02. The molecule has 0 unspecified atom stereocenters. The molecule has 0 heterocycles. The van der Waals surface area contributed by atoms with Crippen LogP contribution in [0.3, 0.4) is 0 Å². The van der Waals surface area contributed by atoms with Gasteiger partial charge in [-0.05, 0) is 30.8 Å². The van der Waals surface area contributed by atoms with Crippen molar-refractivity contribution in [1.82, 2.24) is 5.32 Å². The minimum Gasteiger partial charge on any atom is -0.493 e. The van der Waals surface area contributed by atoms with E-state index in [4.69, 9.17) is 10.5 Å². The van der Waals surface area contributed by atoms with Gasteiger partial charge in [-0.25, -0.2) is 0 Å². The zero-order valence-corrected chi connectivity index (χ0v) is 10.7. The molecule has 0 radical (unpaired) electrons. The van der Waals surface area contributed by atoms with E-state index < -0.39 is 0 Å². The Bertz CT molecular complexity index is 369. The van der Waals surface area contributed by atoms with Crippen molar-refractivity contribution in [1.29, 1.82) is 0 Å². The smallest absolute Gasteiger partial charge is 0.220 e. The molecule has 0 saturated carbocycles. The van der Waals surface area contributed by atoms with Crippen molar-refractivity contribution in [3.05, 3.63) is 28.2 Å². The molecular weight excluding hydrogens is 272 g/mol. The molecule has 0 atom stereocenters. The highest BCUT2D eigenvalue weighted by molar-refractivity contribution is 9.10. The number of hydrogen-bond donors (Lipinski definition) is 2. The summed E-state index contributed by atoms with van der Waals surface area (Å²) in [7, 11) is 1.88. The summed E-state index contributed by atoms with van der Waals surface area (Å²) in [5.74, 6) is 0.391. The summed E-state index contributed by atoms with van der Waals surface area (Å²) >= 11 is 3.45. The molecule has 0 saturated heterocycles. The minimum absolute atomic E-state index is 0.234. The van der Waals surface area contributed by atoms with Gasteiger partial charge in [0, 0.05) is 11.0 Å². The van der Waals surface area contributed by atoms with E-state index in [2.05, 4.69) is 21.2 Å². The van der Waals surface area contributed by atoms with Crippen molar-refractivity contribution in [2.75, 3.05) is 13.7 Å². The number of ether oxygens (including phenoxy) is 1. The largest absolute Gasteiger partial charge is 0.493 e. The maximum absolute atomic E-state index is 10.5. The lowest BCUT2D eigenvalue weighted by molar-refractivity contribution is -0.118. The van der Waals surface area contributed by atoms with Gasteiger partial charge in [0.15, 0.2) is 0 Å². The van der Waals surface area contributed by atoms with E-state index in [1.54, 1.807) is 0 Å². The third-order valence-corrected chi connectivity index (χ3v) is 2.78. The van der Waals surface area contributed by atoms with Gasteiger partial charge in [0.25, 0.3) is 0 Å². The summed E-state index contributed by atoms with van der Waals surface area (Å²) in [5, 5.41) is 3.07. The van der Waals surface area contributed by atoms with E-state index >= 15 is 0 Å². The van der Waals surface area contributed by atoms with Crippen LogP contribution in [0.1, 0.15) is 12.0 Å². The van der Waals surface area contributed by atoms with Crippen LogP contribution in [0.4, 0.5) is 0 Å². The van der Waals surface area contributed by atoms with Gasteiger partial charge in [-0.3, -0.25) is 4.79 Å². The number of rotatable bonds is 6. The van der Waals surface area contributed by atoms with E-state index in [1.807, 2.05) is 25.2 Å². The van der Waals surface area contributed by atoms with Crippen molar-refractivity contribution in [2.45, 2.75) is 13.0 Å². The summed E-state index contributed by atoms with van der Waals surface area (Å²) in [6.07, 6.45) is 0.234. The summed E-state index contributed by atoms with van der Waals surface area (Å²) in [4.78, 5) is 10.5. The average Bonchev–Trinajstić information content (AvgIpc) is 2.22. The van der Waals surface area contributed by atoms with Crippen LogP contribution in [0.2, 0.25) is 0 Å². The first-order valence-electron chi connectivity index (χ1n) is 4.97. The normalized spacial score (nSPS) is 10.1. The van der Waals surface area contributed by atoms with Crippen LogP contribution >= 0.6 is 15.9 Å². The molecule has 5 heteroatoms. The molecule has 0 aliphatic rings. The van der Waals surface area contributed by atoms with Crippen molar-refractivity contribution < 1.29 is 9.53 Å². The van der Waals surface area contributed by atoms with Crippen LogP contribution in [-0.2, 0) is 11.3 Å². The van der Waals surface area contributed by atoms with Gasteiger partial charge in [-0.15, -0.1) is 0 Å². The molecule has 0 aliphatic carbocycles. The number of benzene rings is 1. The molecule has 16 heavy (non-hydrogen) atoms. The molecule has 0 aliphatic heterocycles. The second-order valence-electron chi connectivity index (χ2n) is 3.35. The second-order valence-corrected chi connectivity index (χ2v) is 4.20. The first kappa shape index (κ1) is 13.0. The lowest BCUT2D eigenvalue weighted by atomic mass is 10.2. The zero-order chi connectivity index (χ0) is 12.0. The summed E-state index contributed by atoms with van der Waals surface area (Å²) in [6.45, 7) is 1.07. The van der Waals surface area contributed by atoms with Gasteiger partial charge >= 0.3 is 0 Å². The fraction of sp³-hybridized carbons (Fsp3) is 0.364. The average molecular weight is 287 g/mol. The third kappa shape index (κ3) is 4.20. The summed E-state index contributed by atoms with van der Waals surface area (Å²) in [5.41, 5.74) is 6.13. The van der Waals surface area contributed by atoms with E-state index in [0.29, 0.717) is 6.61 Å². The standard InChI is InChI=1S/C11H15BrN2O2/c1-14-7-8-6-9(2-3-10(8)12)16-5-4-11(13)15/h2-3,6,14H,4-5,7H2,1H3,(H2,13,15). The minimum atomic E-state index is -0.354. The summed E-state index contributed by atoms with van der Waals surface area (Å²) < 4.78 is 6.44. The van der Waals surface area contributed by atoms with Crippen molar-refractivity contribution in [2.24, 2.45) is 5.73 Å². The molecule has 1 aromatic carbocycles. The Morgan fingerprint density at radius 1 is 1.56 bits per heavy atom. The van der Waals surface area contributed by atoms with Gasteiger partial charge in [-0.1, -0.05) is 15.9 Å². The first-order chi connectivity index (χ1) is 7.63. The molecule has 88 valence electrons. The number of halogens is 1. The first-order valence-corrected chi connectivity index (χ1v) is 5.77. The number of hydrogen-bond acceptors (Lipinski definition) is 3. The maximum Gasteiger partial charge on any atom is 0.220 e. The van der Waals surface area contributed by atoms with Crippen LogP contribution in [0.5, 0.6) is 5.75 Å².